The zero-order valence-corrected chi connectivity index (χ0v) is 18.9. The van der Waals surface area contributed by atoms with E-state index in [4.69, 9.17) is 4.98 Å². The van der Waals surface area contributed by atoms with Crippen LogP contribution in [0.3, 0.4) is 0 Å². The second kappa shape index (κ2) is 9.67. The molecule has 4 rings (SSSR count). The molecular weight excluding hydrogens is 408 g/mol. The topological polar surface area (TPSA) is 104 Å². The molecule has 0 unspecified atom stereocenters. The van der Waals surface area contributed by atoms with Crippen LogP contribution in [0.5, 0.6) is 0 Å². The Bertz CT molecular complexity index is 1020. The van der Waals surface area contributed by atoms with Gasteiger partial charge in [0.2, 0.25) is 11.8 Å². The maximum atomic E-state index is 13.2. The van der Waals surface area contributed by atoms with Gasteiger partial charge in [-0.05, 0) is 45.1 Å². The molecule has 9 nitrogen and oxygen atoms in total. The van der Waals surface area contributed by atoms with E-state index < -0.39 is 0 Å². The van der Waals surface area contributed by atoms with Crippen LogP contribution < -0.4 is 5.56 Å². The average Bonchev–Trinajstić information content (AvgIpc) is 3.34. The first-order valence-corrected chi connectivity index (χ1v) is 11.7. The lowest BCUT2D eigenvalue weighted by molar-refractivity contribution is -0.136. The number of amides is 2. The van der Waals surface area contributed by atoms with Crippen molar-refractivity contribution < 1.29 is 9.59 Å². The second-order valence-corrected chi connectivity index (χ2v) is 8.83. The summed E-state index contributed by atoms with van der Waals surface area (Å²) >= 11 is 0. The Kier molecular flexibility index (Phi) is 6.72. The van der Waals surface area contributed by atoms with E-state index in [1.165, 1.54) is 0 Å². The number of likely N-dealkylation sites (tertiary alicyclic amines) is 1. The number of piperidine rings is 1. The Morgan fingerprint density at radius 2 is 2.09 bits per heavy atom. The van der Waals surface area contributed by atoms with Crippen molar-refractivity contribution >= 4 is 11.8 Å². The fourth-order valence-corrected chi connectivity index (χ4v) is 4.72. The van der Waals surface area contributed by atoms with Gasteiger partial charge in [-0.15, -0.1) is 0 Å². The van der Waals surface area contributed by atoms with Crippen LogP contribution >= 0.6 is 0 Å². The lowest BCUT2D eigenvalue weighted by Crippen LogP contribution is -2.42. The minimum atomic E-state index is -0.249. The van der Waals surface area contributed by atoms with Crippen LogP contribution in [0.2, 0.25) is 0 Å². The maximum Gasteiger partial charge on any atom is 0.254 e. The van der Waals surface area contributed by atoms with Crippen LogP contribution in [-0.4, -0.2) is 54.5 Å². The number of H-pyrrole nitrogens is 1. The van der Waals surface area contributed by atoms with Crippen LogP contribution in [0.25, 0.3) is 0 Å². The van der Waals surface area contributed by atoms with E-state index in [9.17, 15) is 14.4 Å². The molecule has 2 amide bonds. The first kappa shape index (κ1) is 22.2. The van der Waals surface area contributed by atoms with Crippen molar-refractivity contribution in [1.29, 1.82) is 0 Å². The van der Waals surface area contributed by atoms with Crippen molar-refractivity contribution in [2.75, 3.05) is 13.1 Å². The van der Waals surface area contributed by atoms with Crippen LogP contribution in [0.4, 0.5) is 0 Å². The van der Waals surface area contributed by atoms with Gasteiger partial charge in [-0.2, -0.15) is 5.10 Å². The summed E-state index contributed by atoms with van der Waals surface area (Å²) in [4.78, 5) is 49.8. The molecule has 1 fully saturated rings. The zero-order valence-electron chi connectivity index (χ0n) is 18.9. The van der Waals surface area contributed by atoms with Gasteiger partial charge in [-0.3, -0.25) is 19.1 Å². The van der Waals surface area contributed by atoms with Crippen LogP contribution in [-0.2, 0) is 22.6 Å². The lowest BCUT2D eigenvalue weighted by atomic mass is 9.99. The van der Waals surface area contributed by atoms with Crippen molar-refractivity contribution in [3.63, 3.8) is 0 Å². The molecule has 172 valence electrons. The normalized spacial score (nSPS) is 19.5. The molecule has 32 heavy (non-hydrogen) atoms. The van der Waals surface area contributed by atoms with Crippen LogP contribution in [0, 0.1) is 0 Å². The smallest absolute Gasteiger partial charge is 0.254 e. The van der Waals surface area contributed by atoms with Crippen molar-refractivity contribution in [1.82, 2.24) is 29.5 Å². The summed E-state index contributed by atoms with van der Waals surface area (Å²) < 4.78 is 1.79. The van der Waals surface area contributed by atoms with Crippen LogP contribution in [0.15, 0.2) is 23.3 Å². The number of carbonyl (C=O) groups is 2. The summed E-state index contributed by atoms with van der Waals surface area (Å²) in [5.74, 6) is 0.681. The van der Waals surface area contributed by atoms with E-state index >= 15 is 0 Å². The highest BCUT2D eigenvalue weighted by Gasteiger charge is 2.32. The number of rotatable bonds is 6. The van der Waals surface area contributed by atoms with Crippen molar-refractivity contribution in [2.24, 2.45) is 0 Å². The van der Waals surface area contributed by atoms with Crippen LogP contribution in [0.1, 0.15) is 81.5 Å². The highest BCUT2D eigenvalue weighted by Crippen LogP contribution is 2.31. The monoisotopic (exact) mass is 440 g/mol. The number of nitrogens with one attached hydrogen (secondary N) is 1. The molecule has 0 spiro atoms. The van der Waals surface area contributed by atoms with Gasteiger partial charge in [0, 0.05) is 43.9 Å². The predicted molar refractivity (Wildman–Crippen MR) is 119 cm³/mol. The summed E-state index contributed by atoms with van der Waals surface area (Å²) in [7, 11) is 0. The maximum absolute atomic E-state index is 13.2. The first-order chi connectivity index (χ1) is 15.5. The van der Waals surface area contributed by atoms with Gasteiger partial charge >= 0.3 is 0 Å². The number of nitrogens with zero attached hydrogens (tertiary/aromatic N) is 5. The van der Waals surface area contributed by atoms with Crippen molar-refractivity contribution in [3.8, 4) is 0 Å². The van der Waals surface area contributed by atoms with E-state index in [1.807, 2.05) is 31.0 Å². The minimum absolute atomic E-state index is 0.0396. The molecule has 0 radical (unpaired) electrons. The van der Waals surface area contributed by atoms with E-state index in [1.54, 1.807) is 15.8 Å². The summed E-state index contributed by atoms with van der Waals surface area (Å²) in [5.41, 5.74) is 1.19. The minimum Gasteiger partial charge on any atom is -0.336 e. The fourth-order valence-electron chi connectivity index (χ4n) is 4.72. The highest BCUT2D eigenvalue weighted by molar-refractivity contribution is 5.77. The third-order valence-electron chi connectivity index (χ3n) is 6.49. The first-order valence-electron chi connectivity index (χ1n) is 11.7. The van der Waals surface area contributed by atoms with Crippen molar-refractivity contribution in [3.05, 3.63) is 45.9 Å². The molecule has 0 saturated carbocycles. The number of fused-ring (bicyclic) bond motifs is 1. The van der Waals surface area contributed by atoms with Gasteiger partial charge in [-0.1, -0.05) is 6.92 Å². The summed E-state index contributed by atoms with van der Waals surface area (Å²) in [5, 5.41) is 4.24. The molecule has 2 aliphatic heterocycles. The molecule has 4 heterocycles. The molecule has 0 bridgehead atoms. The molecule has 2 aromatic rings. The Morgan fingerprint density at radius 1 is 1.25 bits per heavy atom. The molecule has 2 aromatic heterocycles. The third-order valence-corrected chi connectivity index (χ3v) is 6.49. The van der Waals surface area contributed by atoms with Gasteiger partial charge in [-0.25, -0.2) is 4.98 Å². The molecule has 0 aromatic carbocycles. The van der Waals surface area contributed by atoms with E-state index in [0.717, 1.165) is 25.7 Å². The Hall–Kier alpha value is -2.97. The predicted octanol–water partition coefficient (Wildman–Crippen LogP) is 2.36. The van der Waals surface area contributed by atoms with Crippen molar-refractivity contribution in [2.45, 2.75) is 77.4 Å². The molecule has 2 atom stereocenters. The summed E-state index contributed by atoms with van der Waals surface area (Å²) in [6.07, 6.45) is 8.41. The third kappa shape index (κ3) is 4.61. The SMILES string of the molecule is CCCC(=O)N1CCc2c(nc([C@H]3CCCCN3C(=O)C[C@@H](C)n3cccn3)[nH]c2=O)C1. The molecule has 0 aliphatic carbocycles. The van der Waals surface area contributed by atoms with Gasteiger partial charge < -0.3 is 14.8 Å². The summed E-state index contributed by atoms with van der Waals surface area (Å²) in [6.45, 7) is 5.53. The fraction of sp³-hybridized carbons (Fsp3) is 0.609. The Balaban J connectivity index is 1.55. The number of hydrogen-bond acceptors (Lipinski definition) is 5. The second-order valence-electron chi connectivity index (χ2n) is 8.83. The highest BCUT2D eigenvalue weighted by atomic mass is 16.2. The average molecular weight is 441 g/mol. The molecular formula is C23H32N6O3. The molecule has 1 N–H and O–H groups in total. The van der Waals surface area contributed by atoms with Gasteiger partial charge in [0.25, 0.3) is 5.56 Å². The number of hydrogen-bond donors (Lipinski definition) is 1. The van der Waals surface area contributed by atoms with Gasteiger partial charge in [0.15, 0.2) is 0 Å². The largest absolute Gasteiger partial charge is 0.336 e. The Labute approximate surface area is 187 Å². The molecule has 1 saturated heterocycles. The standard InChI is InChI=1S/C23H32N6O3/c1-3-7-20(30)27-13-9-17-18(15-27)25-22(26-23(17)32)19-8-4-5-11-28(19)21(31)14-16(2)29-12-6-10-24-29/h6,10,12,16,19H,3-5,7-9,11,13-15H2,1-2H3,(H,25,26,32)/t16-,19-/m1/s1. The zero-order chi connectivity index (χ0) is 22.7. The lowest BCUT2D eigenvalue weighted by Gasteiger charge is -2.36. The van der Waals surface area contributed by atoms with E-state index in [2.05, 4.69) is 10.1 Å². The molecule has 2 aliphatic rings. The van der Waals surface area contributed by atoms with Gasteiger partial charge in [0.05, 0.1) is 24.3 Å². The number of aromatic amines is 1. The van der Waals surface area contributed by atoms with E-state index in [0.29, 0.717) is 56.0 Å². The Morgan fingerprint density at radius 3 is 2.84 bits per heavy atom. The quantitative estimate of drug-likeness (QED) is 0.743. The molecule has 9 heteroatoms. The number of aromatic nitrogens is 4. The summed E-state index contributed by atoms with van der Waals surface area (Å²) in [6, 6.07) is 1.55. The van der Waals surface area contributed by atoms with Gasteiger partial charge in [0.1, 0.15) is 5.82 Å². The number of carbonyl (C=O) groups excluding carboxylic acids is 2. The van der Waals surface area contributed by atoms with E-state index in [-0.39, 0.29) is 29.5 Å².